The fraction of sp³-hybridized carbons (Fsp3) is 0.455. The minimum atomic E-state index is -4.58. The SMILES string of the molecule is CC(CBr)N(C)c1ccccc1S(=O)(=O)C(F)F. The van der Waals surface area contributed by atoms with E-state index in [-0.39, 0.29) is 16.6 Å². The van der Waals surface area contributed by atoms with Gasteiger partial charge in [0, 0.05) is 18.4 Å². The molecule has 0 saturated heterocycles. The highest BCUT2D eigenvalue weighted by molar-refractivity contribution is 9.09. The van der Waals surface area contributed by atoms with Gasteiger partial charge in [0.05, 0.1) is 10.6 Å². The average Bonchev–Trinajstić information content (AvgIpc) is 2.36. The van der Waals surface area contributed by atoms with Gasteiger partial charge in [-0.15, -0.1) is 0 Å². The van der Waals surface area contributed by atoms with Crippen LogP contribution in [0.5, 0.6) is 0 Å². The quantitative estimate of drug-likeness (QED) is 0.773. The molecular weight excluding hydrogens is 328 g/mol. The number of anilines is 1. The molecule has 1 rings (SSSR count). The molecule has 1 aromatic rings. The number of sulfone groups is 1. The summed E-state index contributed by atoms with van der Waals surface area (Å²) in [5, 5.41) is 0.604. The summed E-state index contributed by atoms with van der Waals surface area (Å²) in [6.07, 6.45) is 0. The van der Waals surface area contributed by atoms with Crippen LogP contribution in [-0.2, 0) is 9.84 Å². The molecule has 3 nitrogen and oxygen atoms in total. The molecule has 0 aromatic heterocycles. The van der Waals surface area contributed by atoms with Gasteiger partial charge in [0.15, 0.2) is 0 Å². The van der Waals surface area contributed by atoms with E-state index in [1.165, 1.54) is 18.2 Å². The minimum Gasteiger partial charge on any atom is -0.370 e. The molecule has 0 saturated carbocycles. The Morgan fingerprint density at radius 2 is 1.89 bits per heavy atom. The first-order chi connectivity index (χ1) is 8.32. The lowest BCUT2D eigenvalue weighted by atomic mass is 10.2. The molecular formula is C11H14BrF2NO2S. The monoisotopic (exact) mass is 341 g/mol. The van der Waals surface area contributed by atoms with Crippen molar-refractivity contribution in [3.8, 4) is 0 Å². The van der Waals surface area contributed by atoms with Gasteiger partial charge in [-0.25, -0.2) is 8.42 Å². The molecule has 0 amide bonds. The van der Waals surface area contributed by atoms with Crippen molar-refractivity contribution in [3.63, 3.8) is 0 Å². The van der Waals surface area contributed by atoms with Crippen LogP contribution in [0.1, 0.15) is 6.92 Å². The topological polar surface area (TPSA) is 37.4 Å². The van der Waals surface area contributed by atoms with Gasteiger partial charge >= 0.3 is 5.76 Å². The largest absolute Gasteiger partial charge is 0.370 e. The molecule has 0 heterocycles. The molecule has 0 aliphatic carbocycles. The Kier molecular flexibility index (Phi) is 5.10. The zero-order valence-electron chi connectivity index (χ0n) is 9.98. The number of hydrogen-bond acceptors (Lipinski definition) is 3. The second kappa shape index (κ2) is 5.97. The maximum absolute atomic E-state index is 12.6. The van der Waals surface area contributed by atoms with Gasteiger partial charge in [-0.1, -0.05) is 28.1 Å². The number of halogens is 3. The van der Waals surface area contributed by atoms with Crippen molar-refractivity contribution in [2.45, 2.75) is 23.6 Å². The van der Waals surface area contributed by atoms with Crippen LogP contribution in [0.3, 0.4) is 0 Å². The van der Waals surface area contributed by atoms with E-state index >= 15 is 0 Å². The zero-order chi connectivity index (χ0) is 13.9. The smallest absolute Gasteiger partial charge is 0.341 e. The summed E-state index contributed by atoms with van der Waals surface area (Å²) in [7, 11) is -2.91. The number of alkyl halides is 3. The number of hydrogen-bond donors (Lipinski definition) is 0. The summed E-state index contributed by atoms with van der Waals surface area (Å²) >= 11 is 3.28. The maximum atomic E-state index is 12.6. The lowest BCUT2D eigenvalue weighted by Gasteiger charge is -2.27. The maximum Gasteiger partial charge on any atom is 0.341 e. The van der Waals surface area contributed by atoms with Crippen LogP contribution in [0.4, 0.5) is 14.5 Å². The molecule has 1 aromatic carbocycles. The average molecular weight is 342 g/mol. The third-order valence-electron chi connectivity index (χ3n) is 2.67. The molecule has 0 bridgehead atoms. The summed E-state index contributed by atoms with van der Waals surface area (Å²) in [5.41, 5.74) is 0.282. The van der Waals surface area contributed by atoms with Crippen LogP contribution in [0.25, 0.3) is 0 Å². The fourth-order valence-corrected chi connectivity index (χ4v) is 2.82. The van der Waals surface area contributed by atoms with Gasteiger partial charge in [0.2, 0.25) is 9.84 Å². The Morgan fingerprint density at radius 1 is 1.33 bits per heavy atom. The Labute approximate surface area is 114 Å². The van der Waals surface area contributed by atoms with Crippen molar-refractivity contribution in [3.05, 3.63) is 24.3 Å². The third-order valence-corrected chi connectivity index (χ3v) is 5.04. The van der Waals surface area contributed by atoms with Crippen molar-refractivity contribution in [2.75, 3.05) is 17.3 Å². The molecule has 0 aliphatic rings. The number of benzene rings is 1. The van der Waals surface area contributed by atoms with Crippen LogP contribution in [0, 0.1) is 0 Å². The van der Waals surface area contributed by atoms with Crippen LogP contribution in [-0.4, -0.2) is 32.6 Å². The van der Waals surface area contributed by atoms with E-state index in [0.717, 1.165) is 0 Å². The number of para-hydroxylation sites is 1. The molecule has 1 unspecified atom stereocenters. The molecule has 0 N–H and O–H groups in total. The highest BCUT2D eigenvalue weighted by Crippen LogP contribution is 2.29. The molecule has 18 heavy (non-hydrogen) atoms. The summed E-state index contributed by atoms with van der Waals surface area (Å²) in [6.45, 7) is 1.86. The highest BCUT2D eigenvalue weighted by Gasteiger charge is 2.30. The van der Waals surface area contributed by atoms with E-state index in [1.807, 2.05) is 6.92 Å². The van der Waals surface area contributed by atoms with Crippen molar-refractivity contribution in [1.82, 2.24) is 0 Å². The van der Waals surface area contributed by atoms with Gasteiger partial charge in [0.1, 0.15) is 0 Å². The van der Waals surface area contributed by atoms with Crippen molar-refractivity contribution >= 4 is 31.5 Å². The second-order valence-electron chi connectivity index (χ2n) is 3.89. The Hall–Kier alpha value is -0.690. The van der Waals surface area contributed by atoms with E-state index in [2.05, 4.69) is 15.9 Å². The summed E-state index contributed by atoms with van der Waals surface area (Å²) < 4.78 is 48.4. The first-order valence-corrected chi connectivity index (χ1v) is 7.89. The molecule has 0 radical (unpaired) electrons. The standard InChI is InChI=1S/C11H14BrF2NO2S/c1-8(7-12)15(2)9-5-3-4-6-10(9)18(16,17)11(13)14/h3-6,8,11H,7H2,1-2H3. The Bertz CT molecular complexity index is 508. The number of nitrogens with zero attached hydrogens (tertiary/aromatic N) is 1. The van der Waals surface area contributed by atoms with Gasteiger partial charge < -0.3 is 4.90 Å². The normalized spacial score (nSPS) is 13.7. The van der Waals surface area contributed by atoms with Gasteiger partial charge in [-0.3, -0.25) is 0 Å². The molecule has 0 aliphatic heterocycles. The van der Waals surface area contributed by atoms with Crippen LogP contribution < -0.4 is 4.90 Å². The third kappa shape index (κ3) is 3.00. The molecule has 0 spiro atoms. The lowest BCUT2D eigenvalue weighted by molar-refractivity contribution is 0.235. The van der Waals surface area contributed by atoms with E-state index in [9.17, 15) is 17.2 Å². The van der Waals surface area contributed by atoms with Crippen molar-refractivity contribution < 1.29 is 17.2 Å². The number of rotatable bonds is 5. The minimum absolute atomic E-state index is 0.0148. The summed E-state index contributed by atoms with van der Waals surface area (Å²) in [6, 6.07) is 5.77. The van der Waals surface area contributed by atoms with E-state index in [4.69, 9.17) is 0 Å². The van der Waals surface area contributed by atoms with Gasteiger partial charge in [0.25, 0.3) is 0 Å². The molecule has 102 valence electrons. The van der Waals surface area contributed by atoms with Gasteiger partial charge in [-0.2, -0.15) is 8.78 Å². The predicted octanol–water partition coefficient (Wildman–Crippen LogP) is 2.90. The van der Waals surface area contributed by atoms with Crippen molar-refractivity contribution in [2.24, 2.45) is 0 Å². The van der Waals surface area contributed by atoms with Crippen molar-refractivity contribution in [1.29, 1.82) is 0 Å². The van der Waals surface area contributed by atoms with Crippen LogP contribution in [0.2, 0.25) is 0 Å². The molecule has 7 heteroatoms. The second-order valence-corrected chi connectivity index (χ2v) is 6.42. The first kappa shape index (κ1) is 15.4. The van der Waals surface area contributed by atoms with Crippen LogP contribution >= 0.6 is 15.9 Å². The van der Waals surface area contributed by atoms with E-state index < -0.39 is 15.6 Å². The fourth-order valence-electron chi connectivity index (χ4n) is 1.43. The first-order valence-electron chi connectivity index (χ1n) is 5.22. The summed E-state index contributed by atoms with van der Waals surface area (Å²) in [4.78, 5) is 1.32. The highest BCUT2D eigenvalue weighted by atomic mass is 79.9. The van der Waals surface area contributed by atoms with E-state index in [0.29, 0.717) is 5.33 Å². The summed E-state index contributed by atoms with van der Waals surface area (Å²) in [5.74, 6) is -3.41. The lowest BCUT2D eigenvalue weighted by Crippen LogP contribution is -2.31. The molecule has 0 fully saturated rings. The Balaban J connectivity index is 3.32. The predicted molar refractivity (Wildman–Crippen MR) is 71.3 cm³/mol. The zero-order valence-corrected chi connectivity index (χ0v) is 12.4. The molecule has 1 atom stereocenters. The van der Waals surface area contributed by atoms with Gasteiger partial charge in [-0.05, 0) is 19.1 Å². The Morgan fingerprint density at radius 3 is 2.39 bits per heavy atom. The van der Waals surface area contributed by atoms with Crippen LogP contribution in [0.15, 0.2) is 29.2 Å². The van der Waals surface area contributed by atoms with E-state index in [1.54, 1.807) is 18.0 Å².